The van der Waals surface area contributed by atoms with E-state index in [2.05, 4.69) is 6.58 Å². The lowest BCUT2D eigenvalue weighted by atomic mass is 10.0. The number of methoxy groups -OCH3 is 1. The van der Waals surface area contributed by atoms with Gasteiger partial charge in [-0.15, -0.1) is 6.58 Å². The maximum absolute atomic E-state index is 11.3. The van der Waals surface area contributed by atoms with E-state index < -0.39 is 12.0 Å². The van der Waals surface area contributed by atoms with Crippen LogP contribution in [0.15, 0.2) is 36.9 Å². The molecule has 0 heterocycles. The number of aliphatic carboxylic acids is 1. The van der Waals surface area contributed by atoms with Gasteiger partial charge in [0.15, 0.2) is 0 Å². The average molecular weight is 249 g/mol. The number of carboxylic acids is 1. The number of hydrogen-bond acceptors (Lipinski definition) is 3. The van der Waals surface area contributed by atoms with E-state index in [1.54, 1.807) is 25.1 Å². The first-order valence-electron chi connectivity index (χ1n) is 5.72. The minimum atomic E-state index is -0.862. The number of benzene rings is 1. The van der Waals surface area contributed by atoms with E-state index in [1.807, 2.05) is 24.3 Å². The Hall–Kier alpha value is -1.65. The lowest BCUT2D eigenvalue weighted by Crippen LogP contribution is -2.30. The number of nitrogens with zero attached hydrogens (tertiary/aromatic N) is 1. The molecular formula is C14H19NO3. The summed E-state index contributed by atoms with van der Waals surface area (Å²) in [7, 11) is 3.40. The third-order valence-corrected chi connectivity index (χ3v) is 2.70. The number of likely N-dealkylation sites (N-methyl/N-ethyl adjacent to an activating group) is 1. The summed E-state index contributed by atoms with van der Waals surface area (Å²) in [6.07, 6.45) is 1.69. The summed E-state index contributed by atoms with van der Waals surface area (Å²) in [5, 5.41) is 9.30. The Kier molecular flexibility index (Phi) is 5.55. The fourth-order valence-electron chi connectivity index (χ4n) is 1.86. The molecule has 0 amide bonds. The van der Waals surface area contributed by atoms with E-state index in [0.717, 1.165) is 11.1 Å². The van der Waals surface area contributed by atoms with Gasteiger partial charge in [0.1, 0.15) is 6.04 Å². The van der Waals surface area contributed by atoms with Gasteiger partial charge in [-0.2, -0.15) is 0 Å². The predicted molar refractivity (Wildman–Crippen MR) is 70.4 cm³/mol. The summed E-state index contributed by atoms with van der Waals surface area (Å²) in [5.74, 6) is -0.862. The lowest BCUT2D eigenvalue weighted by molar-refractivity contribution is -0.142. The molecule has 0 spiro atoms. The van der Waals surface area contributed by atoms with Crippen molar-refractivity contribution in [2.24, 2.45) is 0 Å². The first-order chi connectivity index (χ1) is 8.60. The van der Waals surface area contributed by atoms with Crippen LogP contribution in [0.2, 0.25) is 0 Å². The molecule has 1 aromatic carbocycles. The predicted octanol–water partition coefficient (Wildman–Crippen LogP) is 2.08. The minimum absolute atomic E-state index is 0.525. The molecule has 0 aliphatic carbocycles. The number of hydrogen-bond donors (Lipinski definition) is 1. The molecule has 98 valence electrons. The lowest BCUT2D eigenvalue weighted by Gasteiger charge is -2.23. The third-order valence-electron chi connectivity index (χ3n) is 2.70. The van der Waals surface area contributed by atoms with Crippen molar-refractivity contribution >= 4 is 5.97 Å². The molecular weight excluding hydrogens is 230 g/mol. The zero-order chi connectivity index (χ0) is 13.5. The molecule has 0 unspecified atom stereocenters. The van der Waals surface area contributed by atoms with E-state index in [0.29, 0.717) is 13.2 Å². The zero-order valence-electron chi connectivity index (χ0n) is 10.8. The van der Waals surface area contributed by atoms with Gasteiger partial charge in [-0.3, -0.25) is 9.69 Å². The van der Waals surface area contributed by atoms with Crippen LogP contribution in [-0.4, -0.2) is 36.7 Å². The largest absolute Gasteiger partial charge is 0.480 e. The monoisotopic (exact) mass is 249 g/mol. The summed E-state index contributed by atoms with van der Waals surface area (Å²) in [4.78, 5) is 13.1. The Morgan fingerprint density at radius 2 is 2.11 bits per heavy atom. The highest BCUT2D eigenvalue weighted by molar-refractivity contribution is 5.75. The minimum Gasteiger partial charge on any atom is -0.480 e. The molecule has 0 bridgehead atoms. The SMILES string of the molecule is C=CCN(C)[C@@H](C(=O)O)c1ccc(COC)cc1. The number of rotatable bonds is 7. The molecule has 0 radical (unpaired) electrons. The van der Waals surface area contributed by atoms with Crippen molar-refractivity contribution in [2.45, 2.75) is 12.6 Å². The van der Waals surface area contributed by atoms with Gasteiger partial charge in [-0.05, 0) is 18.2 Å². The first kappa shape index (κ1) is 14.4. The molecule has 1 rings (SSSR count). The van der Waals surface area contributed by atoms with Crippen LogP contribution in [0.5, 0.6) is 0 Å². The second-order valence-corrected chi connectivity index (χ2v) is 4.14. The van der Waals surface area contributed by atoms with Gasteiger partial charge in [-0.1, -0.05) is 30.3 Å². The maximum atomic E-state index is 11.3. The van der Waals surface area contributed by atoms with E-state index >= 15 is 0 Å². The molecule has 18 heavy (non-hydrogen) atoms. The van der Waals surface area contributed by atoms with Crippen LogP contribution in [0.1, 0.15) is 17.2 Å². The number of carboxylic acid groups (broad SMARTS) is 1. The second-order valence-electron chi connectivity index (χ2n) is 4.14. The highest BCUT2D eigenvalue weighted by Gasteiger charge is 2.23. The van der Waals surface area contributed by atoms with Crippen LogP contribution in [0, 0.1) is 0 Å². The normalized spacial score (nSPS) is 12.4. The van der Waals surface area contributed by atoms with Crippen molar-refractivity contribution in [2.75, 3.05) is 20.7 Å². The topological polar surface area (TPSA) is 49.8 Å². The van der Waals surface area contributed by atoms with Gasteiger partial charge in [0.05, 0.1) is 6.61 Å². The molecule has 0 aliphatic heterocycles. The summed E-state index contributed by atoms with van der Waals surface area (Å²) >= 11 is 0. The fraction of sp³-hybridized carbons (Fsp3) is 0.357. The second kappa shape index (κ2) is 6.93. The number of carbonyl (C=O) groups is 1. The quantitative estimate of drug-likeness (QED) is 0.752. The molecule has 0 saturated heterocycles. The van der Waals surface area contributed by atoms with Gasteiger partial charge in [-0.25, -0.2) is 0 Å². The molecule has 4 heteroatoms. The van der Waals surface area contributed by atoms with Crippen molar-refractivity contribution in [1.29, 1.82) is 0 Å². The Balaban J connectivity index is 2.92. The Labute approximate surface area is 107 Å². The van der Waals surface area contributed by atoms with Gasteiger partial charge >= 0.3 is 5.97 Å². The summed E-state index contributed by atoms with van der Waals surface area (Å²) < 4.78 is 5.02. The summed E-state index contributed by atoms with van der Waals surface area (Å²) in [6.45, 7) is 4.68. The standard InChI is InChI=1S/C14H19NO3/c1-4-9-15(2)13(14(16)17)12-7-5-11(6-8-12)10-18-3/h4-8,13H,1,9-10H2,2-3H3,(H,16,17)/t13-/m1/s1. The molecule has 1 aromatic rings. The van der Waals surface area contributed by atoms with E-state index in [9.17, 15) is 9.90 Å². The molecule has 0 saturated carbocycles. The van der Waals surface area contributed by atoms with Gasteiger partial charge in [0, 0.05) is 13.7 Å². The molecule has 4 nitrogen and oxygen atoms in total. The van der Waals surface area contributed by atoms with Crippen molar-refractivity contribution in [3.63, 3.8) is 0 Å². The maximum Gasteiger partial charge on any atom is 0.325 e. The van der Waals surface area contributed by atoms with E-state index in [4.69, 9.17) is 4.74 Å². The first-order valence-corrected chi connectivity index (χ1v) is 5.72. The highest BCUT2D eigenvalue weighted by atomic mass is 16.5. The van der Waals surface area contributed by atoms with Crippen LogP contribution >= 0.6 is 0 Å². The van der Waals surface area contributed by atoms with Gasteiger partial charge in [0.25, 0.3) is 0 Å². The van der Waals surface area contributed by atoms with Crippen LogP contribution in [0.4, 0.5) is 0 Å². The third kappa shape index (κ3) is 3.68. The summed E-state index contributed by atoms with van der Waals surface area (Å²) in [5.41, 5.74) is 1.78. The van der Waals surface area contributed by atoms with Crippen LogP contribution < -0.4 is 0 Å². The zero-order valence-corrected chi connectivity index (χ0v) is 10.8. The molecule has 0 aromatic heterocycles. The molecule has 0 aliphatic rings. The van der Waals surface area contributed by atoms with Gasteiger partial charge in [0.2, 0.25) is 0 Å². The van der Waals surface area contributed by atoms with E-state index in [-0.39, 0.29) is 0 Å². The van der Waals surface area contributed by atoms with Crippen LogP contribution in [0.3, 0.4) is 0 Å². The number of ether oxygens (including phenoxy) is 1. The molecule has 0 fully saturated rings. The highest BCUT2D eigenvalue weighted by Crippen LogP contribution is 2.20. The van der Waals surface area contributed by atoms with Crippen molar-refractivity contribution in [3.8, 4) is 0 Å². The Morgan fingerprint density at radius 3 is 2.56 bits per heavy atom. The Morgan fingerprint density at radius 1 is 1.50 bits per heavy atom. The molecule has 1 atom stereocenters. The van der Waals surface area contributed by atoms with Crippen molar-refractivity contribution in [1.82, 2.24) is 4.90 Å². The van der Waals surface area contributed by atoms with Gasteiger partial charge < -0.3 is 9.84 Å². The summed E-state index contributed by atoms with van der Waals surface area (Å²) in [6, 6.07) is 6.77. The smallest absolute Gasteiger partial charge is 0.325 e. The molecule has 1 N–H and O–H groups in total. The van der Waals surface area contributed by atoms with Crippen LogP contribution in [0.25, 0.3) is 0 Å². The van der Waals surface area contributed by atoms with E-state index in [1.165, 1.54) is 0 Å². The van der Waals surface area contributed by atoms with Crippen LogP contribution in [-0.2, 0) is 16.1 Å². The van der Waals surface area contributed by atoms with Crippen molar-refractivity contribution in [3.05, 3.63) is 48.0 Å². The Bertz CT molecular complexity index is 400. The fourth-order valence-corrected chi connectivity index (χ4v) is 1.86. The average Bonchev–Trinajstić information content (AvgIpc) is 2.32. The van der Waals surface area contributed by atoms with Crippen molar-refractivity contribution < 1.29 is 14.6 Å².